The number of carbonyl (C=O) groups excluding carboxylic acids is 2. The van der Waals surface area contributed by atoms with E-state index in [2.05, 4.69) is 15.6 Å². The minimum atomic E-state index is -0.880. The Morgan fingerprint density at radius 2 is 1.85 bits per heavy atom. The molecule has 4 N–H and O–H groups in total. The van der Waals surface area contributed by atoms with Crippen LogP contribution in [0.1, 0.15) is 12.0 Å². The maximum absolute atomic E-state index is 12.4. The maximum atomic E-state index is 12.4. The van der Waals surface area contributed by atoms with Crippen molar-refractivity contribution in [3.63, 3.8) is 0 Å². The molecule has 0 bridgehead atoms. The Hall–Kier alpha value is -3.12. The van der Waals surface area contributed by atoms with Gasteiger partial charge in [0.1, 0.15) is 12.1 Å². The van der Waals surface area contributed by atoms with Gasteiger partial charge in [-0.25, -0.2) is 0 Å². The molecule has 27 heavy (non-hydrogen) atoms. The largest absolute Gasteiger partial charge is 0.389 e. The number of hydrogen-bond donors (Lipinski definition) is 4. The molecule has 2 heterocycles. The number of hydrogen-bond acceptors (Lipinski definition) is 3. The number of aliphatic hydroxyl groups is 1. The SMILES string of the molecule is O=C(CCc1c(-c2ccccc2)[nH]c2ccccc12)N[C@@H]1C(=O)NC[C@H]1O. The fourth-order valence-corrected chi connectivity index (χ4v) is 3.56. The van der Waals surface area contributed by atoms with Gasteiger partial charge in [0.05, 0.1) is 0 Å². The third-order valence-corrected chi connectivity index (χ3v) is 4.95. The van der Waals surface area contributed by atoms with E-state index in [1.54, 1.807) is 0 Å². The molecule has 1 fully saturated rings. The summed E-state index contributed by atoms with van der Waals surface area (Å²) >= 11 is 0. The molecule has 2 atom stereocenters. The van der Waals surface area contributed by atoms with Crippen molar-refractivity contribution >= 4 is 22.7 Å². The lowest BCUT2D eigenvalue weighted by atomic mass is 10.0. The lowest BCUT2D eigenvalue weighted by Crippen LogP contribution is -2.45. The lowest BCUT2D eigenvalue weighted by Gasteiger charge is -2.13. The fraction of sp³-hybridized carbons (Fsp3) is 0.238. The van der Waals surface area contributed by atoms with Gasteiger partial charge in [-0.15, -0.1) is 0 Å². The molecule has 0 aliphatic carbocycles. The number of benzene rings is 2. The molecule has 1 saturated heterocycles. The number of nitrogens with one attached hydrogen (secondary N) is 3. The van der Waals surface area contributed by atoms with E-state index in [9.17, 15) is 14.7 Å². The van der Waals surface area contributed by atoms with Gasteiger partial charge >= 0.3 is 0 Å². The lowest BCUT2D eigenvalue weighted by molar-refractivity contribution is -0.128. The van der Waals surface area contributed by atoms with Gasteiger partial charge in [-0.3, -0.25) is 9.59 Å². The zero-order valence-electron chi connectivity index (χ0n) is 14.7. The fourth-order valence-electron chi connectivity index (χ4n) is 3.56. The van der Waals surface area contributed by atoms with Crippen molar-refractivity contribution in [1.29, 1.82) is 0 Å². The zero-order valence-corrected chi connectivity index (χ0v) is 14.7. The molecular formula is C21H21N3O3. The quantitative estimate of drug-likeness (QED) is 0.556. The zero-order chi connectivity index (χ0) is 18.8. The maximum Gasteiger partial charge on any atom is 0.245 e. The van der Waals surface area contributed by atoms with Crippen LogP contribution in [0.5, 0.6) is 0 Å². The summed E-state index contributed by atoms with van der Waals surface area (Å²) in [5, 5.41) is 16.1. The second-order valence-electron chi connectivity index (χ2n) is 6.75. The summed E-state index contributed by atoms with van der Waals surface area (Å²) in [7, 11) is 0. The summed E-state index contributed by atoms with van der Waals surface area (Å²) < 4.78 is 0. The highest BCUT2D eigenvalue weighted by molar-refractivity contribution is 5.92. The van der Waals surface area contributed by atoms with Gasteiger partial charge in [-0.05, 0) is 23.6 Å². The van der Waals surface area contributed by atoms with Crippen molar-refractivity contribution in [3.8, 4) is 11.3 Å². The van der Waals surface area contributed by atoms with Gasteiger partial charge in [0.2, 0.25) is 11.8 Å². The third-order valence-electron chi connectivity index (χ3n) is 4.95. The number of amides is 2. The summed E-state index contributed by atoms with van der Waals surface area (Å²) in [5.41, 5.74) is 4.17. The van der Waals surface area contributed by atoms with Crippen LogP contribution in [0, 0.1) is 0 Å². The number of carbonyl (C=O) groups is 2. The molecule has 1 aromatic heterocycles. The van der Waals surface area contributed by atoms with Crippen LogP contribution in [0.15, 0.2) is 54.6 Å². The van der Waals surface area contributed by atoms with Gasteiger partial charge < -0.3 is 20.7 Å². The van der Waals surface area contributed by atoms with Gasteiger partial charge in [-0.1, -0.05) is 48.5 Å². The molecule has 4 rings (SSSR count). The van der Waals surface area contributed by atoms with Crippen LogP contribution in [0.2, 0.25) is 0 Å². The molecule has 0 radical (unpaired) electrons. The summed E-state index contributed by atoms with van der Waals surface area (Å²) in [6, 6.07) is 17.2. The average molecular weight is 363 g/mol. The predicted octanol–water partition coefficient (Wildman–Crippen LogP) is 1.74. The van der Waals surface area contributed by atoms with Gasteiger partial charge in [0.15, 0.2) is 0 Å². The van der Waals surface area contributed by atoms with Gasteiger partial charge in [-0.2, -0.15) is 0 Å². The minimum absolute atomic E-state index is 0.171. The molecule has 0 saturated carbocycles. The highest BCUT2D eigenvalue weighted by Crippen LogP contribution is 2.31. The molecule has 1 aliphatic rings. The summed E-state index contributed by atoms with van der Waals surface area (Å²) in [5.74, 6) is -0.590. The Morgan fingerprint density at radius 1 is 1.11 bits per heavy atom. The van der Waals surface area contributed by atoms with Crippen molar-refractivity contribution < 1.29 is 14.7 Å². The normalized spacial score (nSPS) is 19.2. The van der Waals surface area contributed by atoms with Crippen molar-refractivity contribution in [2.24, 2.45) is 0 Å². The highest BCUT2D eigenvalue weighted by Gasteiger charge is 2.34. The van der Waals surface area contributed by atoms with Crippen molar-refractivity contribution in [2.45, 2.75) is 25.0 Å². The average Bonchev–Trinajstić information content (AvgIpc) is 3.22. The predicted molar refractivity (Wildman–Crippen MR) is 103 cm³/mol. The highest BCUT2D eigenvalue weighted by atomic mass is 16.3. The molecule has 2 amide bonds. The second-order valence-corrected chi connectivity index (χ2v) is 6.75. The van der Waals surface area contributed by atoms with Crippen molar-refractivity contribution in [3.05, 3.63) is 60.2 Å². The van der Waals surface area contributed by atoms with E-state index in [0.717, 1.165) is 27.7 Å². The molecule has 3 aromatic rings. The number of aromatic amines is 1. The van der Waals surface area contributed by atoms with Crippen LogP contribution in [-0.4, -0.2) is 40.6 Å². The number of β-amino-alcohol motifs (C(OH)–C–C–N with tert-alkyl or cyclic N) is 1. The van der Waals surface area contributed by atoms with E-state index < -0.39 is 12.1 Å². The Kier molecular flexibility index (Phi) is 4.64. The number of rotatable bonds is 5. The first-order valence-electron chi connectivity index (χ1n) is 9.03. The van der Waals surface area contributed by atoms with Crippen LogP contribution in [0.3, 0.4) is 0 Å². The van der Waals surface area contributed by atoms with E-state index in [0.29, 0.717) is 6.42 Å². The molecule has 0 unspecified atom stereocenters. The molecule has 0 spiro atoms. The van der Waals surface area contributed by atoms with Crippen LogP contribution < -0.4 is 10.6 Å². The third kappa shape index (κ3) is 3.44. The molecule has 1 aliphatic heterocycles. The molecular weight excluding hydrogens is 342 g/mol. The van der Waals surface area contributed by atoms with Gasteiger partial charge in [0.25, 0.3) is 0 Å². The van der Waals surface area contributed by atoms with E-state index in [-0.39, 0.29) is 24.8 Å². The van der Waals surface area contributed by atoms with Crippen LogP contribution >= 0.6 is 0 Å². The molecule has 6 heteroatoms. The Balaban J connectivity index is 1.56. The van der Waals surface area contributed by atoms with E-state index in [1.807, 2.05) is 54.6 Å². The molecule has 2 aromatic carbocycles. The van der Waals surface area contributed by atoms with Crippen LogP contribution in [0.25, 0.3) is 22.2 Å². The van der Waals surface area contributed by atoms with Crippen molar-refractivity contribution in [2.75, 3.05) is 6.54 Å². The second kappa shape index (κ2) is 7.25. The first kappa shape index (κ1) is 17.3. The number of aromatic nitrogens is 1. The van der Waals surface area contributed by atoms with E-state index in [4.69, 9.17) is 0 Å². The van der Waals surface area contributed by atoms with E-state index in [1.165, 1.54) is 0 Å². The van der Waals surface area contributed by atoms with Crippen LogP contribution in [0.4, 0.5) is 0 Å². The summed E-state index contributed by atoms with van der Waals surface area (Å²) in [6.45, 7) is 0.171. The van der Waals surface area contributed by atoms with E-state index >= 15 is 0 Å². The first-order chi connectivity index (χ1) is 13.1. The van der Waals surface area contributed by atoms with Crippen LogP contribution in [-0.2, 0) is 16.0 Å². The summed E-state index contributed by atoms with van der Waals surface area (Å²) in [4.78, 5) is 27.5. The van der Waals surface area contributed by atoms with Crippen molar-refractivity contribution in [1.82, 2.24) is 15.6 Å². The number of H-pyrrole nitrogens is 1. The number of fused-ring (bicyclic) bond motifs is 1. The Labute approximate surface area is 156 Å². The monoisotopic (exact) mass is 363 g/mol. The Morgan fingerprint density at radius 3 is 2.59 bits per heavy atom. The molecule has 6 nitrogen and oxygen atoms in total. The molecule has 138 valence electrons. The first-order valence-corrected chi connectivity index (χ1v) is 9.03. The topological polar surface area (TPSA) is 94.2 Å². The summed E-state index contributed by atoms with van der Waals surface area (Å²) in [6.07, 6.45) is -0.114. The van der Waals surface area contributed by atoms with Gasteiger partial charge in [0, 0.05) is 29.6 Å². The Bertz CT molecular complexity index is 981. The number of aryl methyl sites for hydroxylation is 1. The minimum Gasteiger partial charge on any atom is -0.389 e. The standard InChI is InChI=1S/C21H21N3O3/c25-17-12-22-21(27)20(17)24-18(26)11-10-15-14-8-4-5-9-16(14)23-19(15)13-6-2-1-3-7-13/h1-9,17,20,23,25H,10-12H2,(H,22,27)(H,24,26)/t17-,20+/m1/s1. The number of para-hydroxylation sites is 1. The smallest absolute Gasteiger partial charge is 0.245 e. The number of aliphatic hydroxyl groups excluding tert-OH is 1.